The molecule has 2 amide bonds. The number of anilines is 2. The summed E-state index contributed by atoms with van der Waals surface area (Å²) >= 11 is 1.56. The van der Waals surface area contributed by atoms with Crippen LogP contribution in [-0.4, -0.2) is 57.3 Å². The van der Waals surface area contributed by atoms with Crippen molar-refractivity contribution in [1.29, 1.82) is 0 Å². The summed E-state index contributed by atoms with van der Waals surface area (Å²) in [5.74, 6) is 0.696. The van der Waals surface area contributed by atoms with Crippen LogP contribution in [0.25, 0.3) is 0 Å². The molecule has 0 saturated heterocycles. The van der Waals surface area contributed by atoms with Gasteiger partial charge in [-0.3, -0.25) is 14.5 Å². The predicted octanol–water partition coefficient (Wildman–Crippen LogP) is 2.93. The number of benzene rings is 2. The normalized spacial score (nSPS) is 10.5. The first kappa shape index (κ1) is 21.6. The maximum Gasteiger partial charge on any atom is 0.238 e. The van der Waals surface area contributed by atoms with Gasteiger partial charge in [0.05, 0.1) is 38.7 Å². The highest BCUT2D eigenvalue weighted by Gasteiger charge is 2.14. The van der Waals surface area contributed by atoms with E-state index >= 15 is 0 Å². The largest absolute Gasteiger partial charge is 0.497 e. The van der Waals surface area contributed by atoms with Gasteiger partial charge in [-0.15, -0.1) is 11.8 Å². The fourth-order valence-corrected chi connectivity index (χ4v) is 3.14. The Morgan fingerprint density at radius 2 is 1.61 bits per heavy atom. The number of amides is 2. The van der Waals surface area contributed by atoms with Gasteiger partial charge in [0, 0.05) is 11.0 Å². The highest BCUT2D eigenvalue weighted by molar-refractivity contribution is 7.98. The molecular weight excluding hydrogens is 378 g/mol. The summed E-state index contributed by atoms with van der Waals surface area (Å²) < 4.78 is 10.4. The van der Waals surface area contributed by atoms with Crippen LogP contribution in [0.4, 0.5) is 11.4 Å². The van der Waals surface area contributed by atoms with Gasteiger partial charge >= 0.3 is 0 Å². The number of methoxy groups -OCH3 is 2. The van der Waals surface area contributed by atoms with E-state index in [1.165, 1.54) is 7.11 Å². The Kier molecular flexibility index (Phi) is 8.16. The number of ether oxygens (including phenoxy) is 2. The van der Waals surface area contributed by atoms with Crippen LogP contribution in [0.15, 0.2) is 47.4 Å². The average Bonchev–Trinajstić information content (AvgIpc) is 2.67. The predicted molar refractivity (Wildman–Crippen MR) is 113 cm³/mol. The van der Waals surface area contributed by atoms with Gasteiger partial charge in [0.25, 0.3) is 0 Å². The van der Waals surface area contributed by atoms with E-state index in [0.717, 1.165) is 10.6 Å². The first-order valence-corrected chi connectivity index (χ1v) is 9.82. The van der Waals surface area contributed by atoms with Crippen molar-refractivity contribution in [2.75, 3.05) is 51.2 Å². The van der Waals surface area contributed by atoms with E-state index in [1.54, 1.807) is 49.0 Å². The average molecular weight is 404 g/mol. The number of para-hydroxylation sites is 1. The first-order chi connectivity index (χ1) is 13.5. The molecule has 150 valence electrons. The number of hydrogen-bond acceptors (Lipinski definition) is 6. The van der Waals surface area contributed by atoms with Crippen molar-refractivity contribution in [1.82, 2.24) is 4.90 Å². The molecule has 8 heteroatoms. The summed E-state index contributed by atoms with van der Waals surface area (Å²) in [4.78, 5) is 27.3. The number of likely N-dealkylation sites (N-methyl/N-ethyl adjacent to an activating group) is 1. The van der Waals surface area contributed by atoms with Gasteiger partial charge in [0.2, 0.25) is 11.8 Å². The van der Waals surface area contributed by atoms with Crippen molar-refractivity contribution >= 4 is 35.0 Å². The number of carbonyl (C=O) groups excluding carboxylic acids is 2. The zero-order valence-corrected chi connectivity index (χ0v) is 17.3. The third kappa shape index (κ3) is 6.17. The molecule has 2 rings (SSSR count). The van der Waals surface area contributed by atoms with E-state index in [2.05, 4.69) is 10.6 Å². The van der Waals surface area contributed by atoms with Gasteiger partial charge in [-0.1, -0.05) is 12.1 Å². The Bertz CT molecular complexity index is 829. The molecule has 0 unspecified atom stereocenters. The molecule has 0 aliphatic rings. The lowest BCUT2D eigenvalue weighted by Crippen LogP contribution is -2.36. The van der Waals surface area contributed by atoms with Gasteiger partial charge in [0.1, 0.15) is 11.5 Å². The summed E-state index contributed by atoms with van der Waals surface area (Å²) in [5, 5.41) is 5.67. The minimum absolute atomic E-state index is 0.0535. The summed E-state index contributed by atoms with van der Waals surface area (Å²) in [6.07, 6.45) is 1.95. The zero-order chi connectivity index (χ0) is 20.5. The standard InChI is InChI=1S/C20H25N3O4S/c1-23(12-19(24)21-15-7-5-6-8-18(15)28-4)13-20(25)22-16-11-14(26-2)9-10-17(16)27-3/h5-11H,12-13H2,1-4H3,(H,21,24)(H,22,25). The van der Waals surface area contributed by atoms with E-state index in [1.807, 2.05) is 30.5 Å². The lowest BCUT2D eigenvalue weighted by atomic mass is 10.2. The van der Waals surface area contributed by atoms with Crippen LogP contribution < -0.4 is 20.1 Å². The van der Waals surface area contributed by atoms with Crippen LogP contribution in [0.2, 0.25) is 0 Å². The zero-order valence-electron chi connectivity index (χ0n) is 16.4. The summed E-state index contributed by atoms with van der Waals surface area (Å²) in [7, 11) is 4.79. The smallest absolute Gasteiger partial charge is 0.238 e. The number of nitrogens with zero attached hydrogens (tertiary/aromatic N) is 1. The van der Waals surface area contributed by atoms with Gasteiger partial charge in [-0.05, 0) is 37.6 Å². The Morgan fingerprint density at radius 1 is 0.964 bits per heavy atom. The van der Waals surface area contributed by atoms with Crippen LogP contribution in [0.1, 0.15) is 0 Å². The van der Waals surface area contributed by atoms with E-state index < -0.39 is 0 Å². The van der Waals surface area contributed by atoms with Crippen LogP contribution in [0.3, 0.4) is 0 Å². The Hall–Kier alpha value is -2.71. The molecular formula is C20H25N3O4S. The lowest BCUT2D eigenvalue weighted by Gasteiger charge is -2.17. The molecule has 0 saturated carbocycles. The minimum atomic E-state index is -0.258. The highest BCUT2D eigenvalue weighted by atomic mass is 32.2. The molecule has 0 fully saturated rings. The number of thioether (sulfide) groups is 1. The fourth-order valence-electron chi connectivity index (χ4n) is 2.59. The van der Waals surface area contributed by atoms with Crippen molar-refractivity contribution in [3.63, 3.8) is 0 Å². The second-order valence-corrected chi connectivity index (χ2v) is 6.88. The van der Waals surface area contributed by atoms with Crippen molar-refractivity contribution in [2.45, 2.75) is 4.90 Å². The topological polar surface area (TPSA) is 79.9 Å². The molecule has 0 bridgehead atoms. The SMILES string of the molecule is COc1ccc(OC)c(NC(=O)CN(C)CC(=O)Nc2ccccc2SC)c1. The van der Waals surface area contributed by atoms with Crippen LogP contribution in [0.5, 0.6) is 11.5 Å². The Balaban J connectivity index is 1.91. The summed E-state index contributed by atoms with van der Waals surface area (Å²) in [6.45, 7) is 0.142. The maximum atomic E-state index is 12.3. The van der Waals surface area contributed by atoms with Crippen molar-refractivity contribution in [3.05, 3.63) is 42.5 Å². The number of carbonyl (C=O) groups is 2. The molecule has 0 spiro atoms. The number of nitrogens with one attached hydrogen (secondary N) is 2. The molecule has 0 radical (unpaired) electrons. The van der Waals surface area contributed by atoms with Gasteiger partial charge in [-0.25, -0.2) is 0 Å². The third-order valence-corrected chi connectivity index (χ3v) is 4.68. The summed E-state index contributed by atoms with van der Waals surface area (Å²) in [5.41, 5.74) is 1.28. The second kappa shape index (κ2) is 10.6. The highest BCUT2D eigenvalue weighted by Crippen LogP contribution is 2.28. The number of hydrogen-bond donors (Lipinski definition) is 2. The lowest BCUT2D eigenvalue weighted by molar-refractivity contribution is -0.119. The van der Waals surface area contributed by atoms with E-state index in [-0.39, 0.29) is 24.9 Å². The molecule has 0 aliphatic carbocycles. The molecule has 2 aromatic carbocycles. The summed E-state index contributed by atoms with van der Waals surface area (Å²) in [6, 6.07) is 12.7. The maximum absolute atomic E-state index is 12.3. The molecule has 0 aliphatic heterocycles. The number of rotatable bonds is 9. The molecule has 0 aromatic heterocycles. The van der Waals surface area contributed by atoms with Crippen LogP contribution in [-0.2, 0) is 9.59 Å². The Labute approximate surface area is 169 Å². The molecule has 0 heterocycles. The second-order valence-electron chi connectivity index (χ2n) is 6.04. The first-order valence-electron chi connectivity index (χ1n) is 8.60. The third-order valence-electron chi connectivity index (χ3n) is 3.89. The van der Waals surface area contributed by atoms with Crippen molar-refractivity contribution in [2.24, 2.45) is 0 Å². The van der Waals surface area contributed by atoms with Crippen molar-refractivity contribution < 1.29 is 19.1 Å². The quantitative estimate of drug-likeness (QED) is 0.627. The van der Waals surface area contributed by atoms with E-state index in [0.29, 0.717) is 17.2 Å². The van der Waals surface area contributed by atoms with Crippen LogP contribution >= 0.6 is 11.8 Å². The molecule has 7 nitrogen and oxygen atoms in total. The van der Waals surface area contributed by atoms with Crippen molar-refractivity contribution in [3.8, 4) is 11.5 Å². The van der Waals surface area contributed by atoms with Crippen LogP contribution in [0, 0.1) is 0 Å². The van der Waals surface area contributed by atoms with Gasteiger partial charge in [-0.2, -0.15) is 0 Å². The molecule has 2 N–H and O–H groups in total. The minimum Gasteiger partial charge on any atom is -0.497 e. The van der Waals surface area contributed by atoms with Gasteiger partial charge in [0.15, 0.2) is 0 Å². The Morgan fingerprint density at radius 3 is 2.21 bits per heavy atom. The monoisotopic (exact) mass is 403 g/mol. The fraction of sp³-hybridized carbons (Fsp3) is 0.300. The van der Waals surface area contributed by atoms with E-state index in [4.69, 9.17) is 9.47 Å². The van der Waals surface area contributed by atoms with Gasteiger partial charge < -0.3 is 20.1 Å². The molecule has 2 aromatic rings. The molecule has 0 atom stereocenters. The molecule has 28 heavy (non-hydrogen) atoms. The van der Waals surface area contributed by atoms with E-state index in [9.17, 15) is 9.59 Å².